The molecule has 242 valence electrons. The molecule has 3 atom stereocenters. The number of methoxy groups -OCH3 is 2. The first-order valence-electron chi connectivity index (χ1n) is 13.8. The van der Waals surface area contributed by atoms with Crippen molar-refractivity contribution in [2.45, 2.75) is 48.9 Å². The minimum absolute atomic E-state index is 0.0984. The summed E-state index contributed by atoms with van der Waals surface area (Å²) >= 11 is 0. The van der Waals surface area contributed by atoms with Crippen LogP contribution < -0.4 is 0 Å². The molecule has 0 bridgehead atoms. The molecule has 0 amide bonds. The highest BCUT2D eigenvalue weighted by atomic mass is 19.4. The summed E-state index contributed by atoms with van der Waals surface area (Å²) in [4.78, 5) is 26.0. The molecule has 0 N–H and O–H groups in total. The summed E-state index contributed by atoms with van der Waals surface area (Å²) in [6.45, 7) is -0.624. The zero-order valence-corrected chi connectivity index (χ0v) is 24.4. The van der Waals surface area contributed by atoms with Crippen LogP contribution in [-0.2, 0) is 46.2 Å². The first-order valence-corrected chi connectivity index (χ1v) is 13.8. The maximum atomic E-state index is 14.4. The number of halogens is 6. The van der Waals surface area contributed by atoms with Crippen LogP contribution in [0.4, 0.5) is 26.3 Å². The predicted molar refractivity (Wildman–Crippen MR) is 152 cm³/mol. The Labute approximate surface area is 256 Å². The van der Waals surface area contributed by atoms with Crippen LogP contribution in [-0.4, -0.2) is 51.2 Å². The Balaban J connectivity index is 1.79. The van der Waals surface area contributed by atoms with E-state index in [1.807, 2.05) is 0 Å². The van der Waals surface area contributed by atoms with Gasteiger partial charge in [-0.3, -0.25) is 0 Å². The Morgan fingerprint density at radius 3 is 1.56 bits per heavy atom. The van der Waals surface area contributed by atoms with E-state index in [1.54, 1.807) is 30.3 Å². The molecule has 0 heterocycles. The average molecular weight is 639 g/mol. The minimum Gasteiger partial charge on any atom is -0.459 e. The highest BCUT2D eigenvalue weighted by molar-refractivity contribution is 5.83. The fourth-order valence-corrected chi connectivity index (χ4v) is 4.75. The van der Waals surface area contributed by atoms with Crippen molar-refractivity contribution in [1.29, 1.82) is 0 Å². The molecule has 0 unspecified atom stereocenters. The van der Waals surface area contributed by atoms with Gasteiger partial charge in [-0.05, 0) is 18.4 Å². The number of hydrogen-bond acceptors (Lipinski definition) is 6. The van der Waals surface area contributed by atoms with E-state index in [-0.39, 0.29) is 12.8 Å². The number of carbonyl (C=O) groups is 2. The van der Waals surface area contributed by atoms with E-state index in [0.29, 0.717) is 6.42 Å². The SMILES string of the molecule is CO[C@@](C(=O)OC/C=C\C[C@@H](CCc1ccccc1)OC(=O)[C@](OC)(c1ccccc1)C(F)(F)F)(c1ccccc1)C(F)(F)F. The lowest BCUT2D eigenvalue weighted by Gasteiger charge is -2.33. The van der Waals surface area contributed by atoms with E-state index in [4.69, 9.17) is 14.2 Å². The zero-order valence-electron chi connectivity index (χ0n) is 24.4. The normalized spacial score (nSPS) is 15.6. The number of aryl methyl sites for hydroxylation is 1. The van der Waals surface area contributed by atoms with Crippen molar-refractivity contribution < 1.29 is 54.9 Å². The molecular formula is C33H32F6O6. The van der Waals surface area contributed by atoms with Gasteiger partial charge in [0.05, 0.1) is 0 Å². The van der Waals surface area contributed by atoms with Gasteiger partial charge in [-0.25, -0.2) is 9.59 Å². The third-order valence-electron chi connectivity index (χ3n) is 7.09. The van der Waals surface area contributed by atoms with Crippen LogP contribution in [0.25, 0.3) is 0 Å². The molecule has 0 fully saturated rings. The second-order valence-corrected chi connectivity index (χ2v) is 9.86. The molecular weight excluding hydrogens is 606 g/mol. The van der Waals surface area contributed by atoms with E-state index in [0.717, 1.165) is 44.0 Å². The van der Waals surface area contributed by atoms with Gasteiger partial charge in [-0.1, -0.05) is 103 Å². The van der Waals surface area contributed by atoms with Crippen molar-refractivity contribution in [2.24, 2.45) is 0 Å². The van der Waals surface area contributed by atoms with E-state index < -0.39 is 59.3 Å². The molecule has 0 aromatic heterocycles. The molecule has 12 heteroatoms. The third-order valence-corrected chi connectivity index (χ3v) is 7.09. The largest absolute Gasteiger partial charge is 0.459 e. The van der Waals surface area contributed by atoms with Crippen LogP contribution in [0.5, 0.6) is 0 Å². The molecule has 0 aliphatic heterocycles. The molecule has 0 saturated heterocycles. The number of rotatable bonds is 14. The standard InChI is InChI=1S/C33H32F6O6/c1-42-30(32(34,35)36,25-16-8-4-9-17-25)28(40)44-23-13-12-20-27(22-21-24-14-6-3-7-15-24)45-29(41)31(43-2,33(37,38)39)26-18-10-5-11-19-26/h3-19,27H,20-23H2,1-2H3/b13-12-/t27-,30+,31+/m0/s1. The van der Waals surface area contributed by atoms with Crippen molar-refractivity contribution in [3.8, 4) is 0 Å². The lowest BCUT2D eigenvalue weighted by atomic mass is 9.92. The van der Waals surface area contributed by atoms with Gasteiger partial charge in [0, 0.05) is 31.8 Å². The maximum absolute atomic E-state index is 14.4. The molecule has 45 heavy (non-hydrogen) atoms. The molecule has 0 aliphatic carbocycles. The lowest BCUT2D eigenvalue weighted by molar-refractivity contribution is -0.278. The fraction of sp³-hybridized carbons (Fsp3) is 0.333. The lowest BCUT2D eigenvalue weighted by Crippen LogP contribution is -2.52. The van der Waals surface area contributed by atoms with E-state index >= 15 is 0 Å². The van der Waals surface area contributed by atoms with Gasteiger partial charge in [0.15, 0.2) is 0 Å². The first-order chi connectivity index (χ1) is 21.3. The Kier molecular flexibility index (Phi) is 11.9. The van der Waals surface area contributed by atoms with Crippen molar-refractivity contribution in [1.82, 2.24) is 0 Å². The third kappa shape index (κ3) is 7.93. The smallest absolute Gasteiger partial charge is 0.432 e. The summed E-state index contributed by atoms with van der Waals surface area (Å²) in [7, 11) is 1.49. The molecule has 0 spiro atoms. The average Bonchev–Trinajstić information content (AvgIpc) is 3.01. The number of carbonyl (C=O) groups excluding carboxylic acids is 2. The van der Waals surface area contributed by atoms with E-state index in [9.17, 15) is 35.9 Å². The van der Waals surface area contributed by atoms with Gasteiger partial charge in [0.25, 0.3) is 11.2 Å². The summed E-state index contributed by atoms with van der Waals surface area (Å²) in [5, 5.41) is 0. The zero-order chi connectivity index (χ0) is 33.1. The van der Waals surface area contributed by atoms with Crippen molar-refractivity contribution in [3.63, 3.8) is 0 Å². The van der Waals surface area contributed by atoms with E-state index in [1.165, 1.54) is 48.6 Å². The summed E-state index contributed by atoms with van der Waals surface area (Å²) in [6, 6.07) is 21.5. The van der Waals surface area contributed by atoms with Crippen molar-refractivity contribution >= 4 is 11.9 Å². The molecule has 6 nitrogen and oxygen atoms in total. The van der Waals surface area contributed by atoms with E-state index in [2.05, 4.69) is 4.74 Å². The predicted octanol–water partition coefficient (Wildman–Crippen LogP) is 7.23. The highest BCUT2D eigenvalue weighted by Gasteiger charge is 2.65. The summed E-state index contributed by atoms with van der Waals surface area (Å²) < 4.78 is 105. The summed E-state index contributed by atoms with van der Waals surface area (Å²) in [6.07, 6.45) is -8.62. The second-order valence-electron chi connectivity index (χ2n) is 9.86. The highest BCUT2D eigenvalue weighted by Crippen LogP contribution is 2.44. The van der Waals surface area contributed by atoms with Gasteiger partial charge in [-0.15, -0.1) is 0 Å². The number of benzene rings is 3. The van der Waals surface area contributed by atoms with Crippen molar-refractivity contribution in [2.75, 3.05) is 20.8 Å². The second kappa shape index (κ2) is 15.2. The molecule has 3 rings (SSSR count). The quantitative estimate of drug-likeness (QED) is 0.105. The van der Waals surface area contributed by atoms with Crippen LogP contribution >= 0.6 is 0 Å². The molecule has 0 aliphatic rings. The topological polar surface area (TPSA) is 71.1 Å². The van der Waals surface area contributed by atoms with Gasteiger partial charge < -0.3 is 18.9 Å². The summed E-state index contributed by atoms with van der Waals surface area (Å²) in [5.41, 5.74) is -6.91. The van der Waals surface area contributed by atoms with Crippen LogP contribution in [0.15, 0.2) is 103 Å². The Hall–Kier alpha value is -4.16. The van der Waals surface area contributed by atoms with Crippen LogP contribution in [0.3, 0.4) is 0 Å². The monoisotopic (exact) mass is 638 g/mol. The minimum atomic E-state index is -5.18. The number of ether oxygens (including phenoxy) is 4. The first kappa shape index (κ1) is 35.3. The molecule has 0 saturated carbocycles. The molecule has 3 aromatic carbocycles. The number of hydrogen-bond donors (Lipinski definition) is 0. The van der Waals surface area contributed by atoms with Crippen LogP contribution in [0, 0.1) is 0 Å². The van der Waals surface area contributed by atoms with Gasteiger partial charge in [0.2, 0.25) is 0 Å². The van der Waals surface area contributed by atoms with Crippen LogP contribution in [0.1, 0.15) is 29.5 Å². The Morgan fingerprint density at radius 1 is 0.667 bits per heavy atom. The van der Waals surface area contributed by atoms with Crippen LogP contribution in [0.2, 0.25) is 0 Å². The van der Waals surface area contributed by atoms with Gasteiger partial charge in [0.1, 0.15) is 12.7 Å². The number of esters is 2. The molecule has 3 aromatic rings. The fourth-order valence-electron chi connectivity index (χ4n) is 4.75. The van der Waals surface area contributed by atoms with Gasteiger partial charge >= 0.3 is 24.3 Å². The maximum Gasteiger partial charge on any atom is 0.432 e. The molecule has 0 radical (unpaired) electrons. The Morgan fingerprint density at radius 2 is 1.11 bits per heavy atom. The van der Waals surface area contributed by atoms with Gasteiger partial charge in [-0.2, -0.15) is 26.3 Å². The number of alkyl halides is 6. The summed E-state index contributed by atoms with van der Waals surface area (Å²) in [5.74, 6) is -3.39. The van der Waals surface area contributed by atoms with Crippen molar-refractivity contribution in [3.05, 3.63) is 120 Å². The Bertz CT molecular complexity index is 1400.